The Morgan fingerprint density at radius 2 is 1.97 bits per heavy atom. The number of tetrazole rings is 1. The van der Waals surface area contributed by atoms with Crippen molar-refractivity contribution in [3.05, 3.63) is 57.9 Å². The largest absolute Gasteiger partial charge is 0.493 e. The number of fused-ring (bicyclic) bond motifs is 1. The molecule has 160 valence electrons. The SMILES string of the molecule is COc1ccc2c(Nc3c(C)cncc3C)cc(=O)[nH]c2c1OCCCc1nn[nH]n1. The first-order valence-corrected chi connectivity index (χ1v) is 9.84. The van der Waals surface area contributed by atoms with Crippen molar-refractivity contribution in [2.75, 3.05) is 19.0 Å². The van der Waals surface area contributed by atoms with Crippen LogP contribution in [-0.4, -0.2) is 44.3 Å². The van der Waals surface area contributed by atoms with E-state index in [1.54, 1.807) is 19.5 Å². The number of nitrogens with one attached hydrogen (secondary N) is 3. The summed E-state index contributed by atoms with van der Waals surface area (Å²) in [5, 5.41) is 18.0. The summed E-state index contributed by atoms with van der Waals surface area (Å²) in [6.45, 7) is 4.34. The van der Waals surface area contributed by atoms with Gasteiger partial charge in [-0.05, 0) is 43.5 Å². The summed E-state index contributed by atoms with van der Waals surface area (Å²) in [4.78, 5) is 19.6. The van der Waals surface area contributed by atoms with E-state index >= 15 is 0 Å². The third kappa shape index (κ3) is 4.32. The summed E-state index contributed by atoms with van der Waals surface area (Å²) in [6.07, 6.45) is 4.86. The van der Waals surface area contributed by atoms with E-state index in [2.05, 4.69) is 35.9 Å². The fourth-order valence-electron chi connectivity index (χ4n) is 3.41. The van der Waals surface area contributed by atoms with E-state index in [9.17, 15) is 4.79 Å². The molecule has 4 rings (SSSR count). The van der Waals surface area contributed by atoms with Gasteiger partial charge in [-0.2, -0.15) is 5.21 Å². The van der Waals surface area contributed by atoms with Crippen molar-refractivity contribution >= 4 is 22.3 Å². The number of aromatic amines is 2. The third-order valence-corrected chi connectivity index (χ3v) is 4.92. The van der Waals surface area contributed by atoms with Crippen LogP contribution in [0.15, 0.2) is 35.4 Å². The molecule has 0 bridgehead atoms. The average molecular weight is 421 g/mol. The zero-order valence-corrected chi connectivity index (χ0v) is 17.5. The first-order valence-electron chi connectivity index (χ1n) is 9.84. The van der Waals surface area contributed by atoms with Crippen LogP contribution >= 0.6 is 0 Å². The quantitative estimate of drug-likeness (QED) is 0.370. The molecule has 0 unspecified atom stereocenters. The van der Waals surface area contributed by atoms with Gasteiger partial charge in [-0.25, -0.2) is 0 Å². The summed E-state index contributed by atoms with van der Waals surface area (Å²) in [6, 6.07) is 5.26. The van der Waals surface area contributed by atoms with E-state index in [0.717, 1.165) is 22.2 Å². The van der Waals surface area contributed by atoms with Gasteiger partial charge in [0.1, 0.15) is 0 Å². The maximum Gasteiger partial charge on any atom is 0.250 e. The molecular weight excluding hydrogens is 398 g/mol. The van der Waals surface area contributed by atoms with E-state index in [4.69, 9.17) is 9.47 Å². The molecule has 0 aliphatic carbocycles. The summed E-state index contributed by atoms with van der Waals surface area (Å²) in [5.41, 5.74) is 3.89. The Morgan fingerprint density at radius 3 is 2.68 bits per heavy atom. The van der Waals surface area contributed by atoms with E-state index in [1.807, 2.05) is 26.0 Å². The van der Waals surface area contributed by atoms with Crippen molar-refractivity contribution in [1.29, 1.82) is 0 Å². The van der Waals surface area contributed by atoms with E-state index in [0.29, 0.717) is 48.0 Å². The number of anilines is 2. The smallest absolute Gasteiger partial charge is 0.250 e. The summed E-state index contributed by atoms with van der Waals surface area (Å²) in [7, 11) is 1.57. The normalized spacial score (nSPS) is 10.9. The van der Waals surface area contributed by atoms with Gasteiger partial charge in [-0.15, -0.1) is 10.2 Å². The first-order chi connectivity index (χ1) is 15.1. The topological polar surface area (TPSA) is 131 Å². The Morgan fingerprint density at radius 1 is 1.16 bits per heavy atom. The minimum absolute atomic E-state index is 0.246. The summed E-state index contributed by atoms with van der Waals surface area (Å²) in [5.74, 6) is 1.64. The molecule has 0 fully saturated rings. The number of hydrogen-bond acceptors (Lipinski definition) is 8. The average Bonchev–Trinajstić information content (AvgIpc) is 3.27. The van der Waals surface area contributed by atoms with Crippen molar-refractivity contribution in [2.24, 2.45) is 0 Å². The van der Waals surface area contributed by atoms with Gasteiger partial charge in [-0.1, -0.05) is 5.21 Å². The van der Waals surface area contributed by atoms with Crippen LogP contribution in [0.25, 0.3) is 10.9 Å². The molecule has 10 nitrogen and oxygen atoms in total. The van der Waals surface area contributed by atoms with Crippen molar-refractivity contribution < 1.29 is 9.47 Å². The minimum atomic E-state index is -0.246. The predicted octanol–water partition coefficient (Wildman–Crippen LogP) is 2.82. The number of benzene rings is 1. The van der Waals surface area contributed by atoms with Crippen molar-refractivity contribution in [2.45, 2.75) is 26.7 Å². The number of aromatic nitrogens is 6. The molecular formula is C21H23N7O3. The molecule has 0 saturated carbocycles. The van der Waals surface area contributed by atoms with Crippen molar-refractivity contribution in [3.63, 3.8) is 0 Å². The number of H-pyrrole nitrogens is 2. The van der Waals surface area contributed by atoms with Crippen LogP contribution in [0.1, 0.15) is 23.4 Å². The molecule has 0 aliphatic heterocycles. The fraction of sp³-hybridized carbons (Fsp3) is 0.286. The molecule has 0 aliphatic rings. The molecule has 4 aromatic rings. The highest BCUT2D eigenvalue weighted by molar-refractivity contribution is 5.97. The number of hydrogen-bond donors (Lipinski definition) is 3. The Labute approximate surface area is 178 Å². The van der Waals surface area contributed by atoms with Gasteiger partial charge in [0, 0.05) is 36.0 Å². The standard InChI is InChI=1S/C21H23N7O3/c1-12-10-22-11-13(2)19(12)23-15-9-18(29)24-20-14(15)6-7-16(30-3)21(20)31-8-4-5-17-25-27-28-26-17/h6-7,9-11H,4-5,8H2,1-3H3,(H2,22,23,24,29)(H,25,26,27,28). The number of methoxy groups -OCH3 is 1. The fourth-order valence-corrected chi connectivity index (χ4v) is 3.41. The lowest BCUT2D eigenvalue weighted by molar-refractivity contribution is 0.292. The molecule has 0 atom stereocenters. The Hall–Kier alpha value is -3.95. The number of aryl methyl sites for hydroxylation is 3. The van der Waals surface area contributed by atoms with Gasteiger partial charge < -0.3 is 19.8 Å². The zero-order valence-electron chi connectivity index (χ0n) is 17.5. The Kier molecular flexibility index (Phi) is 5.78. The van der Waals surface area contributed by atoms with Crippen molar-refractivity contribution in [3.8, 4) is 11.5 Å². The van der Waals surface area contributed by atoms with Gasteiger partial charge >= 0.3 is 0 Å². The van der Waals surface area contributed by atoms with Crippen LogP contribution in [0.3, 0.4) is 0 Å². The van der Waals surface area contributed by atoms with Gasteiger partial charge in [0.15, 0.2) is 17.3 Å². The second-order valence-corrected chi connectivity index (χ2v) is 7.12. The van der Waals surface area contributed by atoms with Gasteiger partial charge in [0.25, 0.3) is 5.56 Å². The molecule has 3 heterocycles. The molecule has 3 aromatic heterocycles. The highest BCUT2D eigenvalue weighted by Crippen LogP contribution is 2.37. The molecule has 31 heavy (non-hydrogen) atoms. The molecule has 10 heteroatoms. The predicted molar refractivity (Wildman–Crippen MR) is 116 cm³/mol. The maximum atomic E-state index is 12.5. The highest BCUT2D eigenvalue weighted by atomic mass is 16.5. The van der Waals surface area contributed by atoms with Crippen LogP contribution in [-0.2, 0) is 6.42 Å². The second kappa shape index (κ2) is 8.82. The van der Waals surface area contributed by atoms with Crippen LogP contribution < -0.4 is 20.3 Å². The first kappa shape index (κ1) is 20.3. The van der Waals surface area contributed by atoms with Crippen LogP contribution in [0.4, 0.5) is 11.4 Å². The molecule has 0 spiro atoms. The lowest BCUT2D eigenvalue weighted by Crippen LogP contribution is -2.10. The van der Waals surface area contributed by atoms with E-state index < -0.39 is 0 Å². The van der Waals surface area contributed by atoms with Gasteiger partial charge in [0.2, 0.25) is 0 Å². The van der Waals surface area contributed by atoms with Gasteiger partial charge in [-0.3, -0.25) is 9.78 Å². The number of rotatable bonds is 8. The lowest BCUT2D eigenvalue weighted by atomic mass is 10.1. The Balaban J connectivity index is 1.68. The molecule has 3 N–H and O–H groups in total. The monoisotopic (exact) mass is 421 g/mol. The van der Waals surface area contributed by atoms with Crippen LogP contribution in [0, 0.1) is 13.8 Å². The third-order valence-electron chi connectivity index (χ3n) is 4.92. The van der Waals surface area contributed by atoms with Gasteiger partial charge in [0.05, 0.1) is 24.9 Å². The van der Waals surface area contributed by atoms with Crippen LogP contribution in [0.2, 0.25) is 0 Å². The molecule has 0 saturated heterocycles. The molecule has 0 amide bonds. The number of nitrogens with zero attached hydrogens (tertiary/aromatic N) is 4. The molecule has 0 radical (unpaired) electrons. The Bertz CT molecular complexity index is 1230. The van der Waals surface area contributed by atoms with Crippen molar-refractivity contribution in [1.82, 2.24) is 30.6 Å². The lowest BCUT2D eigenvalue weighted by Gasteiger charge is -2.17. The second-order valence-electron chi connectivity index (χ2n) is 7.12. The molecule has 1 aromatic carbocycles. The summed E-state index contributed by atoms with van der Waals surface area (Å²) < 4.78 is 11.5. The maximum absolute atomic E-state index is 12.5. The highest BCUT2D eigenvalue weighted by Gasteiger charge is 2.15. The zero-order chi connectivity index (χ0) is 21.8. The minimum Gasteiger partial charge on any atom is -0.493 e. The van der Waals surface area contributed by atoms with Crippen LogP contribution in [0.5, 0.6) is 11.5 Å². The summed E-state index contributed by atoms with van der Waals surface area (Å²) >= 11 is 0. The van der Waals surface area contributed by atoms with E-state index in [1.165, 1.54) is 6.07 Å². The number of pyridine rings is 2. The van der Waals surface area contributed by atoms with E-state index in [-0.39, 0.29) is 5.56 Å². The number of ether oxygens (including phenoxy) is 2.